The van der Waals surface area contributed by atoms with E-state index in [2.05, 4.69) is 119 Å². The van der Waals surface area contributed by atoms with Crippen LogP contribution in [0.25, 0.3) is 87.4 Å². The molecule has 0 atom stereocenters. The highest BCUT2D eigenvalue weighted by Gasteiger charge is 2.20. The third-order valence-corrected chi connectivity index (χ3v) is 10.0. The third kappa shape index (κ3) is 4.50. The summed E-state index contributed by atoms with van der Waals surface area (Å²) < 4.78 is 0. The normalized spacial score (nSPS) is 11.5. The number of thiazole rings is 2. The zero-order valence-electron chi connectivity index (χ0n) is 24.5. The largest absolute Gasteiger partial charge is 0.245 e. The Bertz CT molecular complexity index is 2530. The monoisotopic (exact) mass is 624 g/mol. The highest BCUT2D eigenvalue weighted by Crippen LogP contribution is 2.45. The van der Waals surface area contributed by atoms with E-state index in [1.54, 1.807) is 22.7 Å². The average Bonchev–Trinajstić information content (AvgIpc) is 3.86. The maximum absolute atomic E-state index is 5.21. The number of pyridine rings is 2. The van der Waals surface area contributed by atoms with Crippen molar-refractivity contribution in [2.24, 2.45) is 0 Å². The number of benzene rings is 5. The molecular weight excluding hydrogens is 601 g/mol. The molecule has 0 aliphatic rings. The van der Waals surface area contributed by atoms with Gasteiger partial charge < -0.3 is 0 Å². The first kappa shape index (κ1) is 26.8. The molecule has 216 valence electrons. The van der Waals surface area contributed by atoms with Crippen LogP contribution in [0.1, 0.15) is 0 Å². The van der Waals surface area contributed by atoms with Crippen molar-refractivity contribution in [1.82, 2.24) is 19.9 Å². The molecule has 5 aromatic carbocycles. The molecule has 0 radical (unpaired) electrons. The van der Waals surface area contributed by atoms with Crippen molar-refractivity contribution in [3.63, 3.8) is 0 Å². The molecular formula is C40H24N4S2. The summed E-state index contributed by atoms with van der Waals surface area (Å²) >= 11 is 3.20. The van der Waals surface area contributed by atoms with Gasteiger partial charge in [-0.1, -0.05) is 91.0 Å². The number of hydrogen-bond acceptors (Lipinski definition) is 6. The Hall–Kier alpha value is -5.56. The van der Waals surface area contributed by atoms with Crippen LogP contribution in [0.3, 0.4) is 0 Å². The van der Waals surface area contributed by atoms with E-state index < -0.39 is 0 Å². The van der Waals surface area contributed by atoms with Crippen molar-refractivity contribution in [1.29, 1.82) is 0 Å². The van der Waals surface area contributed by atoms with Gasteiger partial charge in [-0.25, -0.2) is 19.9 Å². The van der Waals surface area contributed by atoms with Crippen LogP contribution in [-0.4, -0.2) is 19.9 Å². The Kier molecular flexibility index (Phi) is 6.47. The summed E-state index contributed by atoms with van der Waals surface area (Å²) in [6.45, 7) is 0. The molecule has 6 heteroatoms. The molecule has 0 fully saturated rings. The fourth-order valence-electron chi connectivity index (χ4n) is 6.46. The fraction of sp³-hybridized carbons (Fsp3) is 0. The van der Waals surface area contributed by atoms with E-state index in [4.69, 9.17) is 9.97 Å². The minimum absolute atomic E-state index is 0.872. The minimum Gasteiger partial charge on any atom is -0.245 e. The average molecular weight is 625 g/mol. The summed E-state index contributed by atoms with van der Waals surface area (Å²) in [5, 5.41) is 12.8. The third-order valence-electron chi connectivity index (χ3n) is 8.44. The lowest BCUT2D eigenvalue weighted by Crippen LogP contribution is -1.96. The van der Waals surface area contributed by atoms with Crippen LogP contribution in [0.2, 0.25) is 0 Å². The molecule has 0 aliphatic heterocycles. The smallest absolute Gasteiger partial charge is 0.141 e. The molecule has 9 aromatic rings. The van der Waals surface area contributed by atoms with Gasteiger partial charge in [-0.05, 0) is 73.8 Å². The molecule has 46 heavy (non-hydrogen) atoms. The van der Waals surface area contributed by atoms with Gasteiger partial charge in [0, 0.05) is 34.3 Å². The molecule has 9 rings (SSSR count). The lowest BCUT2D eigenvalue weighted by Gasteiger charge is -2.18. The van der Waals surface area contributed by atoms with E-state index in [1.165, 1.54) is 16.3 Å². The van der Waals surface area contributed by atoms with E-state index in [0.29, 0.717) is 0 Å². The van der Waals surface area contributed by atoms with Gasteiger partial charge in [0.1, 0.15) is 10.0 Å². The standard InChI is InChI=1S/C40H24N4S2/c1-2-10-27-25(8-1)9-5-13-28(27)26-18-19-31-32(24-26)38(34-15-7-17-36(44-34)40-42-21-23-46-40)30-12-4-3-11-29(30)37(31)33-14-6-16-35(43-33)39-41-20-22-45-39/h1-24H. The van der Waals surface area contributed by atoms with Gasteiger partial charge in [0.15, 0.2) is 0 Å². The first-order valence-electron chi connectivity index (χ1n) is 15.0. The number of nitrogens with zero attached hydrogens (tertiary/aromatic N) is 4. The summed E-state index contributed by atoms with van der Waals surface area (Å²) in [4.78, 5) is 19.5. The Morgan fingerprint density at radius 1 is 0.413 bits per heavy atom. The molecule has 0 aliphatic carbocycles. The summed E-state index contributed by atoms with van der Waals surface area (Å²) in [6.07, 6.45) is 3.66. The van der Waals surface area contributed by atoms with Crippen LogP contribution in [-0.2, 0) is 0 Å². The Labute approximate surface area is 273 Å². The van der Waals surface area contributed by atoms with Gasteiger partial charge in [0.05, 0.1) is 22.8 Å². The SMILES string of the molecule is c1cc(-c2nccs2)nc(-c2c3ccccc3c(-c3cccc(-c4nccs4)n3)c3cc(-c4cccc5ccccc45)ccc23)c1. The molecule has 4 heterocycles. The first-order valence-corrected chi connectivity index (χ1v) is 16.8. The van der Waals surface area contributed by atoms with Crippen LogP contribution in [0.4, 0.5) is 0 Å². The van der Waals surface area contributed by atoms with Crippen LogP contribution in [0, 0.1) is 0 Å². The van der Waals surface area contributed by atoms with Crippen molar-refractivity contribution >= 4 is 55.0 Å². The van der Waals surface area contributed by atoms with E-state index in [9.17, 15) is 0 Å². The van der Waals surface area contributed by atoms with E-state index >= 15 is 0 Å². The van der Waals surface area contributed by atoms with Crippen LogP contribution < -0.4 is 0 Å². The Balaban J connectivity index is 1.38. The van der Waals surface area contributed by atoms with E-state index in [1.807, 2.05) is 35.3 Å². The molecule has 0 unspecified atom stereocenters. The van der Waals surface area contributed by atoms with Gasteiger partial charge in [0.25, 0.3) is 0 Å². The first-order chi connectivity index (χ1) is 22.8. The zero-order valence-corrected chi connectivity index (χ0v) is 26.1. The Morgan fingerprint density at radius 3 is 1.57 bits per heavy atom. The number of fused-ring (bicyclic) bond motifs is 3. The molecule has 0 spiro atoms. The van der Waals surface area contributed by atoms with Crippen molar-refractivity contribution in [3.05, 3.63) is 144 Å². The van der Waals surface area contributed by atoms with Crippen molar-refractivity contribution < 1.29 is 0 Å². The Morgan fingerprint density at radius 2 is 0.935 bits per heavy atom. The molecule has 0 saturated carbocycles. The highest BCUT2D eigenvalue weighted by atomic mass is 32.1. The molecule has 4 nitrogen and oxygen atoms in total. The molecule has 0 saturated heterocycles. The van der Waals surface area contributed by atoms with Crippen LogP contribution in [0.15, 0.2) is 144 Å². The van der Waals surface area contributed by atoms with Crippen molar-refractivity contribution in [2.75, 3.05) is 0 Å². The second-order valence-electron chi connectivity index (χ2n) is 11.1. The van der Waals surface area contributed by atoms with E-state index in [0.717, 1.165) is 71.0 Å². The highest BCUT2D eigenvalue weighted by molar-refractivity contribution is 7.13. The second-order valence-corrected chi connectivity index (χ2v) is 12.9. The molecule has 0 N–H and O–H groups in total. The lowest BCUT2D eigenvalue weighted by atomic mass is 9.86. The van der Waals surface area contributed by atoms with Gasteiger partial charge in [-0.3, -0.25) is 0 Å². The predicted molar refractivity (Wildman–Crippen MR) is 193 cm³/mol. The molecule has 4 aromatic heterocycles. The van der Waals surface area contributed by atoms with Crippen LogP contribution >= 0.6 is 22.7 Å². The summed E-state index contributed by atoms with van der Waals surface area (Å²) in [6, 6.07) is 43.0. The fourth-order valence-corrected chi connectivity index (χ4v) is 7.67. The maximum atomic E-state index is 5.21. The van der Waals surface area contributed by atoms with E-state index in [-0.39, 0.29) is 0 Å². The maximum Gasteiger partial charge on any atom is 0.141 e. The van der Waals surface area contributed by atoms with Gasteiger partial charge in [0.2, 0.25) is 0 Å². The number of aromatic nitrogens is 4. The molecule has 0 bridgehead atoms. The number of hydrogen-bond donors (Lipinski definition) is 0. The summed E-state index contributed by atoms with van der Waals surface area (Å²) in [5.74, 6) is 0. The number of rotatable bonds is 5. The quantitative estimate of drug-likeness (QED) is 0.179. The topological polar surface area (TPSA) is 51.6 Å². The second kappa shape index (κ2) is 11.1. The summed E-state index contributed by atoms with van der Waals surface area (Å²) in [7, 11) is 0. The molecule has 0 amide bonds. The van der Waals surface area contributed by atoms with Crippen molar-refractivity contribution in [3.8, 4) is 55.0 Å². The van der Waals surface area contributed by atoms with Gasteiger partial charge in [-0.15, -0.1) is 22.7 Å². The predicted octanol–water partition coefficient (Wildman–Crippen LogP) is 11.2. The van der Waals surface area contributed by atoms with Crippen molar-refractivity contribution in [2.45, 2.75) is 0 Å². The van der Waals surface area contributed by atoms with Crippen LogP contribution in [0.5, 0.6) is 0 Å². The van der Waals surface area contributed by atoms with Gasteiger partial charge >= 0.3 is 0 Å². The van der Waals surface area contributed by atoms with Gasteiger partial charge in [-0.2, -0.15) is 0 Å². The summed E-state index contributed by atoms with van der Waals surface area (Å²) in [5.41, 5.74) is 8.15. The minimum atomic E-state index is 0.872. The zero-order chi connectivity index (χ0) is 30.5. The lowest BCUT2D eigenvalue weighted by molar-refractivity contribution is 1.29.